The third-order valence-electron chi connectivity index (χ3n) is 5.32. The molecule has 0 aromatic heterocycles. The fraction of sp³-hybridized carbons (Fsp3) is 0.933. The van der Waals surface area contributed by atoms with E-state index in [4.69, 9.17) is 0 Å². The first kappa shape index (κ1) is 12.5. The first-order valence-corrected chi connectivity index (χ1v) is 7.84. The second kappa shape index (κ2) is 5.60. The SMILES string of the molecule is O=C(NC1CCNC1)C1CCC2CCCCC2C1. The van der Waals surface area contributed by atoms with Gasteiger partial charge < -0.3 is 10.6 Å². The minimum absolute atomic E-state index is 0.310. The molecule has 0 aromatic rings. The number of hydrogen-bond acceptors (Lipinski definition) is 2. The van der Waals surface area contributed by atoms with Crippen LogP contribution in [0.2, 0.25) is 0 Å². The summed E-state index contributed by atoms with van der Waals surface area (Å²) in [6.45, 7) is 2.02. The van der Waals surface area contributed by atoms with Gasteiger partial charge in [-0.15, -0.1) is 0 Å². The van der Waals surface area contributed by atoms with E-state index in [2.05, 4.69) is 10.6 Å². The second-order valence-electron chi connectivity index (χ2n) is 6.51. The maximum Gasteiger partial charge on any atom is 0.223 e. The van der Waals surface area contributed by atoms with Gasteiger partial charge >= 0.3 is 0 Å². The average molecular weight is 250 g/mol. The Hall–Kier alpha value is -0.570. The van der Waals surface area contributed by atoms with Crippen LogP contribution in [0, 0.1) is 17.8 Å². The summed E-state index contributed by atoms with van der Waals surface area (Å²) in [6, 6.07) is 0.390. The van der Waals surface area contributed by atoms with Gasteiger partial charge in [0, 0.05) is 18.5 Å². The van der Waals surface area contributed by atoms with E-state index < -0.39 is 0 Å². The summed E-state index contributed by atoms with van der Waals surface area (Å²) in [5.41, 5.74) is 0. The lowest BCUT2D eigenvalue weighted by molar-refractivity contribution is -0.127. The smallest absolute Gasteiger partial charge is 0.223 e. The minimum atomic E-state index is 0.310. The Morgan fingerprint density at radius 2 is 1.83 bits per heavy atom. The molecule has 3 nitrogen and oxygen atoms in total. The fourth-order valence-electron chi connectivity index (χ4n) is 4.21. The van der Waals surface area contributed by atoms with Crippen molar-refractivity contribution in [2.75, 3.05) is 13.1 Å². The van der Waals surface area contributed by atoms with E-state index in [1.807, 2.05) is 0 Å². The normalized spacial score (nSPS) is 40.2. The minimum Gasteiger partial charge on any atom is -0.352 e. The highest BCUT2D eigenvalue weighted by Crippen LogP contribution is 2.42. The van der Waals surface area contributed by atoms with Crippen LogP contribution in [-0.2, 0) is 4.79 Å². The Labute approximate surface area is 110 Å². The molecular weight excluding hydrogens is 224 g/mol. The standard InChI is InChI=1S/C15H26N2O/c18-15(17-14-7-8-16-10-14)13-6-5-11-3-1-2-4-12(11)9-13/h11-14,16H,1-10H2,(H,17,18). The van der Waals surface area contributed by atoms with Crippen LogP contribution < -0.4 is 10.6 Å². The van der Waals surface area contributed by atoms with Crippen LogP contribution in [0.15, 0.2) is 0 Å². The predicted octanol–water partition coefficient (Wildman–Crippen LogP) is 2.07. The Kier molecular flexibility index (Phi) is 3.88. The Morgan fingerprint density at radius 1 is 1.00 bits per heavy atom. The Morgan fingerprint density at radius 3 is 2.61 bits per heavy atom. The van der Waals surface area contributed by atoms with Crippen molar-refractivity contribution < 1.29 is 4.79 Å². The zero-order chi connectivity index (χ0) is 12.4. The molecule has 18 heavy (non-hydrogen) atoms. The van der Waals surface area contributed by atoms with Crippen molar-refractivity contribution in [2.24, 2.45) is 17.8 Å². The lowest BCUT2D eigenvalue weighted by atomic mass is 9.67. The van der Waals surface area contributed by atoms with Gasteiger partial charge in [-0.2, -0.15) is 0 Å². The van der Waals surface area contributed by atoms with Gasteiger partial charge in [-0.3, -0.25) is 4.79 Å². The van der Waals surface area contributed by atoms with E-state index in [1.165, 1.54) is 32.1 Å². The lowest BCUT2D eigenvalue weighted by Gasteiger charge is -2.39. The summed E-state index contributed by atoms with van der Waals surface area (Å²) >= 11 is 0. The van der Waals surface area contributed by atoms with Gasteiger partial charge in [-0.25, -0.2) is 0 Å². The molecule has 1 saturated heterocycles. The first-order chi connectivity index (χ1) is 8.83. The predicted molar refractivity (Wildman–Crippen MR) is 72.2 cm³/mol. The van der Waals surface area contributed by atoms with Crippen molar-refractivity contribution in [3.8, 4) is 0 Å². The molecule has 102 valence electrons. The zero-order valence-corrected chi connectivity index (χ0v) is 11.3. The molecule has 3 heteroatoms. The molecule has 0 bridgehead atoms. The summed E-state index contributed by atoms with van der Waals surface area (Å²) in [5, 5.41) is 6.55. The Bertz CT molecular complexity index is 299. The quantitative estimate of drug-likeness (QED) is 0.788. The fourth-order valence-corrected chi connectivity index (χ4v) is 4.21. The highest BCUT2D eigenvalue weighted by molar-refractivity contribution is 5.79. The number of carbonyl (C=O) groups is 1. The third-order valence-corrected chi connectivity index (χ3v) is 5.32. The second-order valence-corrected chi connectivity index (χ2v) is 6.51. The van der Waals surface area contributed by atoms with Crippen molar-refractivity contribution >= 4 is 5.91 Å². The zero-order valence-electron chi connectivity index (χ0n) is 11.3. The maximum absolute atomic E-state index is 12.3. The average Bonchev–Trinajstić information content (AvgIpc) is 2.91. The summed E-state index contributed by atoms with van der Waals surface area (Å²) in [5.74, 6) is 2.44. The van der Waals surface area contributed by atoms with Gasteiger partial charge in [-0.05, 0) is 44.1 Å². The van der Waals surface area contributed by atoms with Crippen LogP contribution in [0.5, 0.6) is 0 Å². The van der Waals surface area contributed by atoms with Gasteiger partial charge in [0.25, 0.3) is 0 Å². The summed E-state index contributed by atoms with van der Waals surface area (Å²) < 4.78 is 0. The van der Waals surface area contributed by atoms with Crippen LogP contribution in [0.3, 0.4) is 0 Å². The molecular formula is C15H26N2O. The van der Waals surface area contributed by atoms with Crippen LogP contribution in [0.25, 0.3) is 0 Å². The first-order valence-electron chi connectivity index (χ1n) is 7.84. The highest BCUT2D eigenvalue weighted by atomic mass is 16.1. The molecule has 1 amide bonds. The number of rotatable bonds is 2. The van der Waals surface area contributed by atoms with Crippen LogP contribution in [0.1, 0.15) is 51.4 Å². The molecule has 3 rings (SSSR count). The maximum atomic E-state index is 12.3. The molecule has 3 aliphatic rings. The lowest BCUT2D eigenvalue weighted by Crippen LogP contribution is -2.42. The van der Waals surface area contributed by atoms with Crippen molar-refractivity contribution in [2.45, 2.75) is 57.4 Å². The molecule has 2 N–H and O–H groups in total. The number of nitrogens with one attached hydrogen (secondary N) is 2. The highest BCUT2D eigenvalue weighted by Gasteiger charge is 2.35. The number of fused-ring (bicyclic) bond motifs is 1. The monoisotopic (exact) mass is 250 g/mol. The van der Waals surface area contributed by atoms with E-state index in [-0.39, 0.29) is 0 Å². The van der Waals surface area contributed by atoms with Crippen LogP contribution >= 0.6 is 0 Å². The van der Waals surface area contributed by atoms with Crippen molar-refractivity contribution in [3.05, 3.63) is 0 Å². The molecule has 1 heterocycles. The molecule has 4 atom stereocenters. The molecule has 2 aliphatic carbocycles. The van der Waals surface area contributed by atoms with E-state index in [1.54, 1.807) is 0 Å². The summed E-state index contributed by atoms with van der Waals surface area (Å²) in [4.78, 5) is 12.3. The van der Waals surface area contributed by atoms with Gasteiger partial charge in [-0.1, -0.05) is 25.7 Å². The topological polar surface area (TPSA) is 41.1 Å². The van der Waals surface area contributed by atoms with E-state index >= 15 is 0 Å². The van der Waals surface area contributed by atoms with Crippen LogP contribution in [-0.4, -0.2) is 25.0 Å². The third kappa shape index (κ3) is 2.71. The number of amides is 1. The van der Waals surface area contributed by atoms with Crippen LogP contribution in [0.4, 0.5) is 0 Å². The van der Waals surface area contributed by atoms with Gasteiger partial charge in [0.15, 0.2) is 0 Å². The molecule has 0 radical (unpaired) electrons. The van der Waals surface area contributed by atoms with E-state index in [0.717, 1.165) is 44.2 Å². The van der Waals surface area contributed by atoms with Gasteiger partial charge in [0.05, 0.1) is 0 Å². The van der Waals surface area contributed by atoms with Crippen molar-refractivity contribution in [1.29, 1.82) is 0 Å². The molecule has 2 saturated carbocycles. The summed E-state index contributed by atoms with van der Waals surface area (Å²) in [6.07, 6.45) is 10.3. The molecule has 0 spiro atoms. The van der Waals surface area contributed by atoms with Gasteiger partial charge in [0.2, 0.25) is 5.91 Å². The van der Waals surface area contributed by atoms with Gasteiger partial charge in [0.1, 0.15) is 0 Å². The van der Waals surface area contributed by atoms with E-state index in [9.17, 15) is 4.79 Å². The summed E-state index contributed by atoms with van der Waals surface area (Å²) in [7, 11) is 0. The van der Waals surface area contributed by atoms with Crippen molar-refractivity contribution in [1.82, 2.24) is 10.6 Å². The Balaban J connectivity index is 1.51. The van der Waals surface area contributed by atoms with E-state index in [0.29, 0.717) is 17.9 Å². The number of hydrogen-bond donors (Lipinski definition) is 2. The largest absolute Gasteiger partial charge is 0.352 e. The number of carbonyl (C=O) groups excluding carboxylic acids is 1. The van der Waals surface area contributed by atoms with Crippen molar-refractivity contribution in [3.63, 3.8) is 0 Å². The molecule has 4 unspecified atom stereocenters. The molecule has 1 aliphatic heterocycles. The molecule has 3 fully saturated rings. The molecule has 0 aromatic carbocycles.